The molecule has 0 aliphatic rings. The topological polar surface area (TPSA) is 91.8 Å². The number of carbonyl (C=O) groups excluding carboxylic acids is 1. The van der Waals surface area contributed by atoms with E-state index in [1.807, 2.05) is 6.07 Å². The number of hydrogen-bond donors (Lipinski definition) is 2. The molecule has 2 rings (SSSR count). The summed E-state index contributed by atoms with van der Waals surface area (Å²) in [7, 11) is 0. The molecule has 3 N–H and O–H groups in total. The van der Waals surface area contributed by atoms with Crippen LogP contribution < -0.4 is 11.1 Å². The van der Waals surface area contributed by atoms with Crippen molar-refractivity contribution in [2.45, 2.75) is 6.18 Å². The summed E-state index contributed by atoms with van der Waals surface area (Å²) < 4.78 is 38.6. The average molecular weight is 378 g/mol. The van der Waals surface area contributed by atoms with Gasteiger partial charge in [-0.15, -0.1) is 0 Å². The number of primary amides is 1. The van der Waals surface area contributed by atoms with E-state index in [-0.39, 0.29) is 22.0 Å². The summed E-state index contributed by atoms with van der Waals surface area (Å²) in [6, 6.07) is 11.4. The Morgan fingerprint density at radius 2 is 2.04 bits per heavy atom. The van der Waals surface area contributed by atoms with Crippen LogP contribution in [0.1, 0.15) is 11.3 Å². The summed E-state index contributed by atoms with van der Waals surface area (Å²) >= 11 is 0.916. The van der Waals surface area contributed by atoms with Gasteiger partial charge >= 0.3 is 6.18 Å². The number of nitrogens with one attached hydrogen (secondary N) is 1. The molecule has 0 unspecified atom stereocenters. The number of nitrogens with zero attached hydrogens (tertiary/aromatic N) is 2. The highest BCUT2D eigenvalue weighted by atomic mass is 32.2. The van der Waals surface area contributed by atoms with Crippen molar-refractivity contribution in [3.05, 3.63) is 64.9 Å². The van der Waals surface area contributed by atoms with Gasteiger partial charge in [0.1, 0.15) is 11.6 Å². The fourth-order valence-corrected chi connectivity index (χ4v) is 2.72. The van der Waals surface area contributed by atoms with Gasteiger partial charge in [0.05, 0.1) is 22.0 Å². The van der Waals surface area contributed by atoms with Gasteiger partial charge < -0.3 is 11.1 Å². The van der Waals surface area contributed by atoms with Crippen LogP contribution in [0.15, 0.2) is 53.7 Å². The van der Waals surface area contributed by atoms with Crippen LogP contribution in [0.4, 0.5) is 18.9 Å². The third-order valence-electron chi connectivity index (χ3n) is 3.07. The lowest BCUT2D eigenvalue weighted by Crippen LogP contribution is -2.15. The number of pyridine rings is 1. The third kappa shape index (κ3) is 5.26. The standard InChI is InChI=1S/C17H13F3N4OS/c18-17(19,20)11-4-3-5-12(8-11)24-16(26-10-15(22)25)13(9-21)14-6-1-2-7-23-14/h1-8,24H,10H2,(H2,22,25)/b16-13+. The highest BCUT2D eigenvalue weighted by Crippen LogP contribution is 2.32. The van der Waals surface area contributed by atoms with Gasteiger partial charge in [-0.25, -0.2) is 0 Å². The van der Waals surface area contributed by atoms with E-state index in [2.05, 4.69) is 10.3 Å². The summed E-state index contributed by atoms with van der Waals surface area (Å²) in [5.41, 5.74) is 4.84. The van der Waals surface area contributed by atoms with E-state index < -0.39 is 17.6 Å². The minimum absolute atomic E-state index is 0.0919. The fourth-order valence-electron chi connectivity index (χ4n) is 1.95. The quantitative estimate of drug-likeness (QED) is 0.749. The van der Waals surface area contributed by atoms with E-state index in [9.17, 15) is 23.2 Å². The molecule has 1 amide bonds. The molecule has 1 aromatic carbocycles. The number of rotatable bonds is 6. The minimum atomic E-state index is -4.50. The Hall–Kier alpha value is -2.99. The predicted octanol–water partition coefficient (Wildman–Crippen LogP) is 3.62. The maximum atomic E-state index is 12.9. The molecule has 5 nitrogen and oxygen atoms in total. The first-order valence-electron chi connectivity index (χ1n) is 7.22. The maximum absolute atomic E-state index is 12.9. The van der Waals surface area contributed by atoms with Gasteiger partial charge in [-0.05, 0) is 30.3 Å². The van der Waals surface area contributed by atoms with E-state index in [0.29, 0.717) is 5.69 Å². The Kier molecular flexibility index (Phi) is 6.25. The number of alkyl halides is 3. The lowest BCUT2D eigenvalue weighted by atomic mass is 10.2. The SMILES string of the molecule is N#C/C(=C(/Nc1cccc(C(F)(F)F)c1)SCC(N)=O)c1ccccn1. The number of nitrogens with two attached hydrogens (primary N) is 1. The van der Waals surface area contributed by atoms with Crippen molar-refractivity contribution in [2.75, 3.05) is 11.1 Å². The van der Waals surface area contributed by atoms with Crippen LogP contribution in [0.3, 0.4) is 0 Å². The highest BCUT2D eigenvalue weighted by molar-refractivity contribution is 8.04. The molecule has 0 atom stereocenters. The number of amides is 1. The van der Waals surface area contributed by atoms with E-state index in [1.54, 1.807) is 18.2 Å². The smallest absolute Gasteiger partial charge is 0.369 e. The lowest BCUT2D eigenvalue weighted by molar-refractivity contribution is -0.137. The van der Waals surface area contributed by atoms with Gasteiger partial charge in [-0.1, -0.05) is 23.9 Å². The Morgan fingerprint density at radius 1 is 1.27 bits per heavy atom. The summed E-state index contributed by atoms with van der Waals surface area (Å²) in [6.07, 6.45) is -3.02. The lowest BCUT2D eigenvalue weighted by Gasteiger charge is -2.14. The van der Waals surface area contributed by atoms with E-state index in [1.165, 1.54) is 18.3 Å². The Balaban J connectivity index is 2.44. The highest BCUT2D eigenvalue weighted by Gasteiger charge is 2.30. The maximum Gasteiger partial charge on any atom is 0.416 e. The van der Waals surface area contributed by atoms with Crippen LogP contribution in [-0.2, 0) is 11.0 Å². The predicted molar refractivity (Wildman–Crippen MR) is 93.5 cm³/mol. The van der Waals surface area contributed by atoms with Crippen molar-refractivity contribution in [1.82, 2.24) is 4.98 Å². The van der Waals surface area contributed by atoms with E-state index >= 15 is 0 Å². The Bertz CT molecular complexity index is 860. The normalized spacial score (nSPS) is 12.1. The monoisotopic (exact) mass is 378 g/mol. The molecule has 0 saturated heterocycles. The number of halogens is 3. The first-order valence-corrected chi connectivity index (χ1v) is 8.21. The third-order valence-corrected chi connectivity index (χ3v) is 4.09. The number of anilines is 1. The number of allylic oxidation sites excluding steroid dienone is 1. The van der Waals surface area contributed by atoms with Gasteiger partial charge in [0, 0.05) is 11.9 Å². The van der Waals surface area contributed by atoms with Crippen molar-refractivity contribution >= 4 is 28.9 Å². The number of thioether (sulfide) groups is 1. The number of nitriles is 1. The van der Waals surface area contributed by atoms with Gasteiger partial charge in [0.25, 0.3) is 0 Å². The average Bonchev–Trinajstić information content (AvgIpc) is 2.60. The molecular weight excluding hydrogens is 365 g/mol. The number of hydrogen-bond acceptors (Lipinski definition) is 5. The van der Waals surface area contributed by atoms with Crippen LogP contribution in [0.25, 0.3) is 5.57 Å². The molecule has 0 radical (unpaired) electrons. The zero-order valence-electron chi connectivity index (χ0n) is 13.2. The number of carbonyl (C=O) groups is 1. The van der Waals surface area contributed by atoms with E-state index in [4.69, 9.17) is 5.73 Å². The molecule has 1 aromatic heterocycles. The second-order valence-corrected chi connectivity index (χ2v) is 5.98. The molecule has 134 valence electrons. The summed E-state index contributed by atoms with van der Waals surface area (Å²) in [4.78, 5) is 15.2. The molecule has 0 spiro atoms. The van der Waals surface area contributed by atoms with Crippen molar-refractivity contribution in [2.24, 2.45) is 5.73 Å². The Labute approximate surface area is 151 Å². The molecule has 0 saturated carbocycles. The van der Waals surface area contributed by atoms with Crippen molar-refractivity contribution < 1.29 is 18.0 Å². The zero-order chi connectivity index (χ0) is 19.2. The van der Waals surface area contributed by atoms with Crippen molar-refractivity contribution in [3.8, 4) is 6.07 Å². The van der Waals surface area contributed by atoms with Crippen LogP contribution in [0.5, 0.6) is 0 Å². The zero-order valence-corrected chi connectivity index (χ0v) is 14.1. The first-order chi connectivity index (χ1) is 12.3. The van der Waals surface area contributed by atoms with Gasteiger partial charge in [-0.3, -0.25) is 9.78 Å². The van der Waals surface area contributed by atoms with Crippen molar-refractivity contribution in [3.63, 3.8) is 0 Å². The van der Waals surface area contributed by atoms with Gasteiger partial charge in [0.2, 0.25) is 5.91 Å². The van der Waals surface area contributed by atoms with Crippen LogP contribution in [0, 0.1) is 11.3 Å². The van der Waals surface area contributed by atoms with E-state index in [0.717, 1.165) is 23.9 Å². The summed E-state index contributed by atoms with van der Waals surface area (Å²) in [5, 5.41) is 12.4. The Morgan fingerprint density at radius 3 is 2.62 bits per heavy atom. The molecule has 0 aliphatic heterocycles. The van der Waals surface area contributed by atoms with Crippen molar-refractivity contribution in [1.29, 1.82) is 5.26 Å². The molecule has 0 bridgehead atoms. The molecule has 2 aromatic rings. The van der Waals surface area contributed by atoms with Gasteiger partial charge in [-0.2, -0.15) is 18.4 Å². The number of benzene rings is 1. The summed E-state index contributed by atoms with van der Waals surface area (Å²) in [6.45, 7) is 0. The van der Waals surface area contributed by atoms with Crippen LogP contribution in [0.2, 0.25) is 0 Å². The minimum Gasteiger partial charge on any atom is -0.369 e. The van der Waals surface area contributed by atoms with Crippen LogP contribution >= 0.6 is 11.8 Å². The second kappa shape index (κ2) is 8.40. The largest absolute Gasteiger partial charge is 0.416 e. The molecular formula is C17H13F3N4OS. The fraction of sp³-hybridized carbons (Fsp3) is 0.118. The first kappa shape index (κ1) is 19.3. The molecule has 0 fully saturated rings. The number of aromatic nitrogens is 1. The molecule has 26 heavy (non-hydrogen) atoms. The molecule has 9 heteroatoms. The summed E-state index contributed by atoms with van der Waals surface area (Å²) in [5.74, 6) is -0.782. The second-order valence-electron chi connectivity index (χ2n) is 4.99. The molecule has 1 heterocycles. The van der Waals surface area contributed by atoms with Gasteiger partial charge in [0.15, 0.2) is 0 Å². The molecule has 0 aliphatic carbocycles. The van der Waals surface area contributed by atoms with Crippen LogP contribution in [-0.4, -0.2) is 16.6 Å².